The highest BCUT2D eigenvalue weighted by Crippen LogP contribution is 2.49. The van der Waals surface area contributed by atoms with Gasteiger partial charge in [0.1, 0.15) is 23.5 Å². The monoisotopic (exact) mass is 479 g/mol. The molecule has 2 fully saturated rings. The number of nitrogens with zero attached hydrogens (tertiary/aromatic N) is 3. The van der Waals surface area contributed by atoms with E-state index in [1.165, 1.54) is 6.26 Å². The summed E-state index contributed by atoms with van der Waals surface area (Å²) >= 11 is 0. The quantitative estimate of drug-likeness (QED) is 0.644. The molecule has 186 valence electrons. The molecule has 0 radical (unpaired) electrons. The molecule has 0 N–H and O–H groups in total. The van der Waals surface area contributed by atoms with Gasteiger partial charge in [0.25, 0.3) is 5.91 Å². The predicted octanol–water partition coefficient (Wildman–Crippen LogP) is 4.54. The van der Waals surface area contributed by atoms with Crippen molar-refractivity contribution in [3.63, 3.8) is 0 Å². The second-order valence-electron chi connectivity index (χ2n) is 9.63. The number of allylic oxidation sites excluding steroid dienone is 1. The summed E-state index contributed by atoms with van der Waals surface area (Å²) in [7, 11) is 3.31. The van der Waals surface area contributed by atoms with E-state index >= 15 is 0 Å². The second kappa shape index (κ2) is 8.66. The minimum absolute atomic E-state index is 0.0193. The zero-order valence-electron chi connectivity index (χ0n) is 21.1. The Balaban J connectivity index is 1.49. The number of likely N-dealkylation sites (tertiary alicyclic amines) is 1. The van der Waals surface area contributed by atoms with Crippen molar-refractivity contribution in [1.29, 1.82) is 0 Å². The maximum absolute atomic E-state index is 13.7. The van der Waals surface area contributed by atoms with E-state index in [9.17, 15) is 9.59 Å². The lowest BCUT2D eigenvalue weighted by Crippen LogP contribution is -2.54. The fourth-order valence-electron chi connectivity index (χ4n) is 6.08. The average Bonchev–Trinajstić information content (AvgIpc) is 3.33. The largest absolute Gasteiger partial charge is 0.497 e. The van der Waals surface area contributed by atoms with E-state index in [1.807, 2.05) is 40.7 Å². The van der Waals surface area contributed by atoms with Gasteiger partial charge < -0.3 is 23.7 Å². The number of methoxy groups -OCH3 is 2. The van der Waals surface area contributed by atoms with Crippen LogP contribution in [0.25, 0.3) is 0 Å². The molecular formula is C27H33N3O5. The highest BCUT2D eigenvalue weighted by atomic mass is 16.5. The molecule has 8 nitrogen and oxygen atoms in total. The molecular weight excluding hydrogens is 446 g/mol. The van der Waals surface area contributed by atoms with Crippen LogP contribution >= 0.6 is 0 Å². The first-order chi connectivity index (χ1) is 16.8. The zero-order chi connectivity index (χ0) is 24.9. The lowest BCUT2D eigenvalue weighted by molar-refractivity contribution is 0.0575. The van der Waals surface area contributed by atoms with Crippen LogP contribution in [0.3, 0.4) is 0 Å². The van der Waals surface area contributed by atoms with Gasteiger partial charge in [-0.2, -0.15) is 0 Å². The normalized spacial score (nSPS) is 20.9. The SMILES string of the molecule is CCN1C(=O)N2Cc3cc(OC)cc(OC)c3[C@@H](C)C=C2C12CCN(C(=O)c1coc(C)c1)CC2. The lowest BCUT2D eigenvalue weighted by atomic mass is 9.82. The average molecular weight is 480 g/mol. The van der Waals surface area contributed by atoms with E-state index in [0.717, 1.165) is 28.3 Å². The first-order valence-corrected chi connectivity index (χ1v) is 12.2. The minimum atomic E-state index is -0.428. The Hall–Kier alpha value is -3.42. The fourth-order valence-corrected chi connectivity index (χ4v) is 6.08. The van der Waals surface area contributed by atoms with Crippen LogP contribution in [0.15, 0.2) is 40.7 Å². The van der Waals surface area contributed by atoms with Gasteiger partial charge >= 0.3 is 6.03 Å². The molecule has 0 unspecified atom stereocenters. The standard InChI is InChI=1S/C27H33N3O5/c1-6-30-26(32)29-15-19-13-21(33-4)14-22(34-5)24(19)17(2)11-23(29)27(30)7-9-28(10-8-27)25(31)20-12-18(3)35-16-20/h11-14,16-17H,6-10,15H2,1-5H3/t17-/m0/s1. The number of ether oxygens (including phenoxy) is 2. The number of furan rings is 1. The molecule has 0 aliphatic carbocycles. The highest BCUT2D eigenvalue weighted by molar-refractivity contribution is 5.94. The molecule has 5 rings (SSSR count). The van der Waals surface area contributed by atoms with Crippen LogP contribution in [0.4, 0.5) is 4.79 Å². The van der Waals surface area contributed by atoms with Gasteiger partial charge in [0.2, 0.25) is 0 Å². The van der Waals surface area contributed by atoms with Gasteiger partial charge in [-0.1, -0.05) is 13.0 Å². The molecule has 2 aromatic rings. The van der Waals surface area contributed by atoms with Crippen LogP contribution in [0.5, 0.6) is 11.5 Å². The summed E-state index contributed by atoms with van der Waals surface area (Å²) in [6.07, 6.45) is 5.14. The van der Waals surface area contributed by atoms with E-state index in [4.69, 9.17) is 13.9 Å². The number of hydrogen-bond acceptors (Lipinski definition) is 5. The molecule has 1 spiro atoms. The number of carbonyl (C=O) groups is 2. The summed E-state index contributed by atoms with van der Waals surface area (Å²) in [5.74, 6) is 2.25. The smallest absolute Gasteiger partial charge is 0.325 e. The maximum atomic E-state index is 13.7. The number of hydrogen-bond donors (Lipinski definition) is 0. The number of aryl methyl sites for hydroxylation is 1. The van der Waals surface area contributed by atoms with Crippen LogP contribution in [0.1, 0.15) is 59.9 Å². The van der Waals surface area contributed by atoms with Crippen molar-refractivity contribution < 1.29 is 23.5 Å². The van der Waals surface area contributed by atoms with E-state index in [-0.39, 0.29) is 17.9 Å². The highest BCUT2D eigenvalue weighted by Gasteiger charge is 2.55. The van der Waals surface area contributed by atoms with Crippen molar-refractivity contribution in [2.45, 2.75) is 51.6 Å². The molecule has 1 aromatic heterocycles. The Kier molecular flexibility index (Phi) is 5.77. The molecule has 4 heterocycles. The van der Waals surface area contributed by atoms with Crippen molar-refractivity contribution in [2.24, 2.45) is 0 Å². The van der Waals surface area contributed by atoms with Gasteiger partial charge in [-0.15, -0.1) is 0 Å². The summed E-state index contributed by atoms with van der Waals surface area (Å²) in [5, 5.41) is 0. The molecule has 3 aliphatic rings. The van der Waals surface area contributed by atoms with Gasteiger partial charge in [-0.3, -0.25) is 9.69 Å². The molecule has 3 aliphatic heterocycles. The van der Waals surface area contributed by atoms with Gasteiger partial charge in [0.15, 0.2) is 0 Å². The van der Waals surface area contributed by atoms with Crippen LogP contribution in [0, 0.1) is 6.92 Å². The molecule has 8 heteroatoms. The number of rotatable bonds is 4. The Morgan fingerprint density at radius 3 is 2.51 bits per heavy atom. The molecule has 3 amide bonds. The first kappa shape index (κ1) is 23.3. The summed E-state index contributed by atoms with van der Waals surface area (Å²) in [6.45, 7) is 8.26. The topological polar surface area (TPSA) is 75.5 Å². The molecule has 0 bridgehead atoms. The van der Waals surface area contributed by atoms with Crippen LogP contribution in [-0.2, 0) is 6.54 Å². The van der Waals surface area contributed by atoms with Crippen LogP contribution in [-0.4, -0.2) is 66.0 Å². The lowest BCUT2D eigenvalue weighted by Gasteiger charge is -2.44. The van der Waals surface area contributed by atoms with E-state index < -0.39 is 5.54 Å². The number of fused-ring (bicyclic) bond motifs is 3. The van der Waals surface area contributed by atoms with Crippen LogP contribution < -0.4 is 9.47 Å². The molecule has 35 heavy (non-hydrogen) atoms. The van der Waals surface area contributed by atoms with E-state index in [0.29, 0.717) is 50.3 Å². The zero-order valence-corrected chi connectivity index (χ0v) is 21.1. The van der Waals surface area contributed by atoms with Gasteiger partial charge in [-0.25, -0.2) is 4.79 Å². The number of amides is 3. The van der Waals surface area contributed by atoms with Crippen molar-refractivity contribution in [3.05, 3.63) is 58.7 Å². The third-order valence-corrected chi connectivity index (χ3v) is 7.77. The van der Waals surface area contributed by atoms with E-state index in [1.54, 1.807) is 20.3 Å². The first-order valence-electron chi connectivity index (χ1n) is 12.2. The number of urea groups is 1. The molecule has 1 aromatic carbocycles. The van der Waals surface area contributed by atoms with Crippen LogP contribution in [0.2, 0.25) is 0 Å². The van der Waals surface area contributed by atoms with Gasteiger partial charge in [0.05, 0.1) is 31.9 Å². The summed E-state index contributed by atoms with van der Waals surface area (Å²) in [6, 6.07) is 5.71. The third kappa shape index (κ3) is 3.58. The number of likely N-dealkylation sites (N-methyl/N-ethyl adjacent to an activating group) is 1. The van der Waals surface area contributed by atoms with Crippen molar-refractivity contribution in [1.82, 2.24) is 14.7 Å². The summed E-state index contributed by atoms with van der Waals surface area (Å²) < 4.78 is 16.6. The molecule has 1 atom stereocenters. The molecule has 2 saturated heterocycles. The fraction of sp³-hybridized carbons (Fsp3) is 0.481. The summed E-state index contributed by atoms with van der Waals surface area (Å²) in [5.41, 5.74) is 3.31. The van der Waals surface area contributed by atoms with Gasteiger partial charge in [0, 0.05) is 42.9 Å². The van der Waals surface area contributed by atoms with E-state index in [2.05, 4.69) is 13.0 Å². The Morgan fingerprint density at radius 2 is 1.91 bits per heavy atom. The number of carbonyl (C=O) groups excluding carboxylic acids is 2. The van der Waals surface area contributed by atoms with Crippen molar-refractivity contribution in [3.8, 4) is 11.5 Å². The molecule has 0 saturated carbocycles. The predicted molar refractivity (Wildman–Crippen MR) is 131 cm³/mol. The van der Waals surface area contributed by atoms with Gasteiger partial charge in [-0.05, 0) is 44.4 Å². The Morgan fingerprint density at radius 1 is 1.17 bits per heavy atom. The number of piperidine rings is 1. The van der Waals surface area contributed by atoms with Crippen molar-refractivity contribution >= 4 is 11.9 Å². The van der Waals surface area contributed by atoms with Crippen molar-refractivity contribution in [2.75, 3.05) is 33.9 Å². The Labute approximate surface area is 206 Å². The Bertz CT molecular complexity index is 1190. The minimum Gasteiger partial charge on any atom is -0.497 e. The number of benzene rings is 1. The second-order valence-corrected chi connectivity index (χ2v) is 9.63. The summed E-state index contributed by atoms with van der Waals surface area (Å²) in [4.78, 5) is 32.5. The third-order valence-electron chi connectivity index (χ3n) is 7.77. The maximum Gasteiger partial charge on any atom is 0.325 e.